The number of hydrogen-bond acceptors (Lipinski definition) is 4. The van der Waals surface area contributed by atoms with Gasteiger partial charge < -0.3 is 14.8 Å². The van der Waals surface area contributed by atoms with Crippen LogP contribution in [0.3, 0.4) is 0 Å². The lowest BCUT2D eigenvalue weighted by molar-refractivity contribution is -0.131. The predicted octanol–water partition coefficient (Wildman–Crippen LogP) is 3.02. The molecule has 1 aliphatic heterocycles. The van der Waals surface area contributed by atoms with E-state index in [1.807, 2.05) is 54.6 Å². The van der Waals surface area contributed by atoms with Crippen LogP contribution in [-0.4, -0.2) is 42.6 Å². The average molecular weight is 368 g/mol. The van der Waals surface area contributed by atoms with E-state index >= 15 is 0 Å². The van der Waals surface area contributed by atoms with E-state index in [2.05, 4.69) is 5.32 Å². The van der Waals surface area contributed by atoms with Crippen molar-refractivity contribution in [1.82, 2.24) is 10.2 Å². The van der Waals surface area contributed by atoms with E-state index in [1.54, 1.807) is 14.0 Å². The molecule has 0 saturated carbocycles. The molecule has 27 heavy (non-hydrogen) atoms. The molecule has 3 rings (SSSR count). The van der Waals surface area contributed by atoms with E-state index in [0.717, 1.165) is 11.3 Å². The summed E-state index contributed by atoms with van der Waals surface area (Å²) in [6.45, 7) is 2.25. The van der Waals surface area contributed by atoms with Crippen LogP contribution in [-0.2, 0) is 11.2 Å². The topological polar surface area (TPSA) is 67.9 Å². The van der Waals surface area contributed by atoms with E-state index < -0.39 is 5.54 Å². The van der Waals surface area contributed by atoms with Crippen LogP contribution in [0.1, 0.15) is 18.9 Å². The van der Waals surface area contributed by atoms with Crippen molar-refractivity contribution in [3.05, 3.63) is 60.2 Å². The highest BCUT2D eigenvalue weighted by Gasteiger charge is 2.47. The number of ether oxygens (including phenoxy) is 2. The minimum atomic E-state index is -0.899. The van der Waals surface area contributed by atoms with Crippen LogP contribution in [0.25, 0.3) is 0 Å². The van der Waals surface area contributed by atoms with Gasteiger partial charge in [0.2, 0.25) is 0 Å². The molecule has 0 aliphatic carbocycles. The monoisotopic (exact) mass is 368 g/mol. The minimum absolute atomic E-state index is 0.210. The highest BCUT2D eigenvalue weighted by Crippen LogP contribution is 2.24. The summed E-state index contributed by atoms with van der Waals surface area (Å²) in [4.78, 5) is 26.3. The molecule has 2 aromatic rings. The smallest absolute Gasteiger partial charge is 0.325 e. The molecule has 142 valence electrons. The third kappa shape index (κ3) is 4.39. The molecule has 1 aliphatic rings. The molecule has 6 heteroatoms. The van der Waals surface area contributed by atoms with Gasteiger partial charge in [-0.25, -0.2) is 4.79 Å². The Morgan fingerprint density at radius 2 is 1.70 bits per heavy atom. The summed E-state index contributed by atoms with van der Waals surface area (Å²) in [7, 11) is 1.62. The van der Waals surface area contributed by atoms with Crippen LogP contribution in [0.15, 0.2) is 54.6 Å². The lowest BCUT2D eigenvalue weighted by atomic mass is 9.93. The Labute approximate surface area is 159 Å². The van der Waals surface area contributed by atoms with Gasteiger partial charge in [-0.1, -0.05) is 30.3 Å². The quantitative estimate of drug-likeness (QED) is 0.728. The highest BCUT2D eigenvalue weighted by atomic mass is 16.5. The molecule has 0 unspecified atom stereocenters. The second-order valence-corrected chi connectivity index (χ2v) is 6.73. The molecule has 1 saturated heterocycles. The molecular formula is C21H24N2O4. The summed E-state index contributed by atoms with van der Waals surface area (Å²) >= 11 is 0. The number of rotatable bonds is 8. The molecule has 3 amide bonds. The summed E-state index contributed by atoms with van der Waals surface area (Å²) in [6.07, 6.45) is 1.21. The standard InChI is InChI=1S/C21H24N2O4/c1-21(13-12-16-8-10-17(26-2)11-9-16)19(24)23(20(25)22-21)14-15-27-18-6-4-3-5-7-18/h3-11H,12-15H2,1-2H3,(H,22,25)/t21-/m1/s1. The van der Waals surface area contributed by atoms with Gasteiger partial charge in [0.15, 0.2) is 0 Å². The van der Waals surface area contributed by atoms with Crippen molar-refractivity contribution in [3.8, 4) is 11.5 Å². The summed E-state index contributed by atoms with van der Waals surface area (Å²) in [5, 5.41) is 2.83. The number of aryl methyl sites for hydroxylation is 1. The molecular weight excluding hydrogens is 344 g/mol. The Morgan fingerprint density at radius 1 is 1.00 bits per heavy atom. The summed E-state index contributed by atoms with van der Waals surface area (Å²) in [6, 6.07) is 16.7. The predicted molar refractivity (Wildman–Crippen MR) is 102 cm³/mol. The van der Waals surface area contributed by atoms with E-state index in [4.69, 9.17) is 9.47 Å². The van der Waals surface area contributed by atoms with Crippen molar-refractivity contribution in [2.24, 2.45) is 0 Å². The van der Waals surface area contributed by atoms with Crippen LogP contribution in [0.4, 0.5) is 4.79 Å². The van der Waals surface area contributed by atoms with Gasteiger partial charge in [0.25, 0.3) is 5.91 Å². The maximum Gasteiger partial charge on any atom is 0.325 e. The summed E-state index contributed by atoms with van der Waals surface area (Å²) in [5.74, 6) is 1.30. The second-order valence-electron chi connectivity index (χ2n) is 6.73. The first kappa shape index (κ1) is 18.8. The molecule has 0 spiro atoms. The molecule has 6 nitrogen and oxygen atoms in total. The molecule has 1 atom stereocenters. The van der Waals surface area contributed by atoms with Gasteiger partial charge in [0.1, 0.15) is 23.6 Å². The number of nitrogens with one attached hydrogen (secondary N) is 1. The maximum atomic E-state index is 12.8. The van der Waals surface area contributed by atoms with Gasteiger partial charge in [-0.2, -0.15) is 0 Å². The fourth-order valence-corrected chi connectivity index (χ4v) is 3.08. The first-order valence-electron chi connectivity index (χ1n) is 8.97. The van der Waals surface area contributed by atoms with Gasteiger partial charge in [0, 0.05) is 0 Å². The largest absolute Gasteiger partial charge is 0.497 e. The number of nitrogens with zero attached hydrogens (tertiary/aromatic N) is 1. The summed E-state index contributed by atoms with van der Waals surface area (Å²) < 4.78 is 10.8. The Morgan fingerprint density at radius 3 is 2.37 bits per heavy atom. The van der Waals surface area contributed by atoms with Gasteiger partial charge >= 0.3 is 6.03 Å². The van der Waals surface area contributed by atoms with Crippen molar-refractivity contribution in [2.75, 3.05) is 20.3 Å². The number of methoxy groups -OCH3 is 1. The van der Waals surface area contributed by atoms with Crippen molar-refractivity contribution >= 4 is 11.9 Å². The molecule has 1 heterocycles. The average Bonchev–Trinajstić information content (AvgIpc) is 2.91. The van der Waals surface area contributed by atoms with E-state index in [-0.39, 0.29) is 25.1 Å². The van der Waals surface area contributed by atoms with E-state index in [9.17, 15) is 9.59 Å². The van der Waals surface area contributed by atoms with Gasteiger partial charge in [-0.3, -0.25) is 9.69 Å². The highest BCUT2D eigenvalue weighted by molar-refractivity contribution is 6.06. The number of carbonyl (C=O) groups is 2. The zero-order valence-electron chi connectivity index (χ0n) is 15.6. The van der Waals surface area contributed by atoms with Crippen LogP contribution in [0.5, 0.6) is 11.5 Å². The third-order valence-corrected chi connectivity index (χ3v) is 4.74. The van der Waals surface area contributed by atoms with Crippen LogP contribution in [0, 0.1) is 0 Å². The number of carbonyl (C=O) groups excluding carboxylic acids is 2. The number of imide groups is 1. The van der Waals surface area contributed by atoms with Crippen molar-refractivity contribution in [3.63, 3.8) is 0 Å². The zero-order valence-corrected chi connectivity index (χ0v) is 15.6. The van der Waals surface area contributed by atoms with E-state index in [0.29, 0.717) is 18.6 Å². The maximum absolute atomic E-state index is 12.8. The molecule has 0 radical (unpaired) electrons. The number of amides is 3. The third-order valence-electron chi connectivity index (χ3n) is 4.74. The van der Waals surface area contributed by atoms with Crippen LogP contribution in [0.2, 0.25) is 0 Å². The molecule has 0 aromatic heterocycles. The molecule has 1 N–H and O–H groups in total. The number of urea groups is 1. The van der Waals surface area contributed by atoms with Gasteiger partial charge in [-0.05, 0) is 49.6 Å². The number of hydrogen-bond donors (Lipinski definition) is 1. The fourth-order valence-electron chi connectivity index (χ4n) is 3.08. The van der Waals surface area contributed by atoms with Crippen molar-refractivity contribution < 1.29 is 19.1 Å². The number of para-hydroxylation sites is 1. The lowest BCUT2D eigenvalue weighted by Crippen LogP contribution is -2.44. The number of benzene rings is 2. The fraction of sp³-hybridized carbons (Fsp3) is 0.333. The summed E-state index contributed by atoms with van der Waals surface area (Å²) in [5.41, 5.74) is 0.189. The molecule has 1 fully saturated rings. The van der Waals surface area contributed by atoms with Crippen molar-refractivity contribution in [1.29, 1.82) is 0 Å². The second kappa shape index (κ2) is 8.12. The minimum Gasteiger partial charge on any atom is -0.497 e. The first-order chi connectivity index (χ1) is 13.0. The van der Waals surface area contributed by atoms with Gasteiger partial charge in [-0.15, -0.1) is 0 Å². The Bertz CT molecular complexity index is 792. The Hall–Kier alpha value is -3.02. The van der Waals surface area contributed by atoms with Crippen LogP contribution >= 0.6 is 0 Å². The molecule has 0 bridgehead atoms. The zero-order chi connectivity index (χ0) is 19.3. The Balaban J connectivity index is 1.54. The molecule has 2 aromatic carbocycles. The SMILES string of the molecule is COc1ccc(CC[C@@]2(C)NC(=O)N(CCOc3ccccc3)C2=O)cc1. The van der Waals surface area contributed by atoms with Crippen molar-refractivity contribution in [2.45, 2.75) is 25.3 Å². The first-order valence-corrected chi connectivity index (χ1v) is 8.97. The van der Waals surface area contributed by atoms with Crippen LogP contribution < -0.4 is 14.8 Å². The van der Waals surface area contributed by atoms with E-state index in [1.165, 1.54) is 4.90 Å². The van der Waals surface area contributed by atoms with Gasteiger partial charge in [0.05, 0.1) is 13.7 Å². The normalized spacial score (nSPS) is 19.1. The lowest BCUT2D eigenvalue weighted by Gasteiger charge is -2.21. The Kier molecular flexibility index (Phi) is 5.64.